The minimum atomic E-state index is -0.0530. The lowest BCUT2D eigenvalue weighted by atomic mass is 10.3. The van der Waals surface area contributed by atoms with Crippen molar-refractivity contribution in [2.45, 2.75) is 13.5 Å². The molecule has 2 aromatic heterocycles. The van der Waals surface area contributed by atoms with E-state index in [0.29, 0.717) is 11.5 Å². The number of thiophene rings is 1. The summed E-state index contributed by atoms with van der Waals surface area (Å²) in [6.07, 6.45) is 3.18. The van der Waals surface area contributed by atoms with Gasteiger partial charge in [-0.2, -0.15) is 0 Å². The van der Waals surface area contributed by atoms with Crippen LogP contribution in [0.2, 0.25) is 0 Å². The fourth-order valence-electron chi connectivity index (χ4n) is 1.68. The van der Waals surface area contributed by atoms with E-state index in [-0.39, 0.29) is 5.84 Å². The van der Waals surface area contributed by atoms with Crippen LogP contribution in [-0.4, -0.2) is 22.3 Å². The quantitative estimate of drug-likeness (QED) is 0.636. The van der Waals surface area contributed by atoms with Crippen molar-refractivity contribution >= 4 is 23.0 Å². The summed E-state index contributed by atoms with van der Waals surface area (Å²) >= 11 is 1.70. The largest absolute Gasteiger partial charge is 0.382 e. The van der Waals surface area contributed by atoms with Gasteiger partial charge >= 0.3 is 0 Å². The molecule has 0 aliphatic carbocycles. The second kappa shape index (κ2) is 5.59. The minimum Gasteiger partial charge on any atom is -0.382 e. The number of nitrogens with one attached hydrogen (secondary N) is 1. The predicted octanol–water partition coefficient (Wildman–Crippen LogP) is 1.85. The van der Waals surface area contributed by atoms with Gasteiger partial charge in [0.1, 0.15) is 11.5 Å². The maximum absolute atomic E-state index is 7.55. The Hall–Kier alpha value is -1.95. The van der Waals surface area contributed by atoms with E-state index in [9.17, 15) is 0 Å². The van der Waals surface area contributed by atoms with Gasteiger partial charge in [-0.15, -0.1) is 11.3 Å². The zero-order valence-electron chi connectivity index (χ0n) is 10.1. The number of nitrogen functional groups attached to an aromatic ring is 1. The highest BCUT2D eigenvalue weighted by Crippen LogP contribution is 2.19. The second-order valence-electron chi connectivity index (χ2n) is 3.74. The smallest absolute Gasteiger partial charge is 0.158 e. The highest BCUT2D eigenvalue weighted by atomic mass is 32.1. The first kappa shape index (κ1) is 12.5. The standard InChI is InChI=1S/C12H15N5S/c1-2-17(8-9-4-3-7-18-9)12-10(11(13)14)15-5-6-16-12/h3-7H,2,8H2,1H3,(H3,13,14). The molecule has 5 nitrogen and oxygen atoms in total. The van der Waals surface area contributed by atoms with Crippen molar-refractivity contribution in [2.75, 3.05) is 11.4 Å². The summed E-state index contributed by atoms with van der Waals surface area (Å²) in [4.78, 5) is 11.7. The number of nitrogens with two attached hydrogens (primary N) is 1. The maximum Gasteiger partial charge on any atom is 0.158 e. The summed E-state index contributed by atoms with van der Waals surface area (Å²) in [6.45, 7) is 3.59. The molecule has 0 fully saturated rings. The molecule has 0 aromatic carbocycles. The second-order valence-corrected chi connectivity index (χ2v) is 4.77. The topological polar surface area (TPSA) is 78.9 Å². The molecule has 0 saturated heterocycles. The molecule has 0 aliphatic heterocycles. The van der Waals surface area contributed by atoms with Gasteiger partial charge in [0.25, 0.3) is 0 Å². The summed E-state index contributed by atoms with van der Waals surface area (Å²) in [5, 5.41) is 9.59. The first-order chi connectivity index (χ1) is 8.72. The molecule has 0 aliphatic rings. The summed E-state index contributed by atoms with van der Waals surface area (Å²) in [5.74, 6) is 0.614. The van der Waals surface area contributed by atoms with Crippen LogP contribution in [-0.2, 0) is 6.54 Å². The molecule has 0 atom stereocenters. The van der Waals surface area contributed by atoms with E-state index in [1.54, 1.807) is 23.7 Å². The van der Waals surface area contributed by atoms with Crippen LogP contribution in [0, 0.1) is 5.41 Å². The first-order valence-electron chi connectivity index (χ1n) is 5.65. The molecule has 0 amide bonds. The molecule has 0 bridgehead atoms. The van der Waals surface area contributed by atoms with Gasteiger partial charge in [0.15, 0.2) is 5.82 Å². The van der Waals surface area contributed by atoms with E-state index < -0.39 is 0 Å². The van der Waals surface area contributed by atoms with Crippen LogP contribution in [0.5, 0.6) is 0 Å². The van der Waals surface area contributed by atoms with Crippen LogP contribution >= 0.6 is 11.3 Å². The van der Waals surface area contributed by atoms with E-state index in [1.165, 1.54) is 4.88 Å². The highest BCUT2D eigenvalue weighted by molar-refractivity contribution is 7.09. The van der Waals surface area contributed by atoms with E-state index in [2.05, 4.69) is 20.9 Å². The maximum atomic E-state index is 7.55. The summed E-state index contributed by atoms with van der Waals surface area (Å²) < 4.78 is 0. The Morgan fingerprint density at radius 2 is 2.22 bits per heavy atom. The van der Waals surface area contributed by atoms with Gasteiger partial charge in [-0.25, -0.2) is 9.97 Å². The molecular formula is C12H15N5S. The molecule has 94 valence electrons. The molecule has 0 spiro atoms. The lowest BCUT2D eigenvalue weighted by Gasteiger charge is -2.22. The normalized spacial score (nSPS) is 10.3. The Morgan fingerprint density at radius 1 is 1.44 bits per heavy atom. The Balaban J connectivity index is 2.30. The summed E-state index contributed by atoms with van der Waals surface area (Å²) in [6, 6.07) is 4.10. The van der Waals surface area contributed by atoms with Crippen LogP contribution in [0.1, 0.15) is 17.5 Å². The summed E-state index contributed by atoms with van der Waals surface area (Å²) in [5.41, 5.74) is 5.98. The third-order valence-corrected chi connectivity index (χ3v) is 3.40. The van der Waals surface area contributed by atoms with Crippen LogP contribution < -0.4 is 10.6 Å². The van der Waals surface area contributed by atoms with Crippen molar-refractivity contribution in [1.29, 1.82) is 5.41 Å². The van der Waals surface area contributed by atoms with E-state index in [1.807, 2.05) is 18.4 Å². The molecule has 2 heterocycles. The van der Waals surface area contributed by atoms with Crippen molar-refractivity contribution in [2.24, 2.45) is 5.73 Å². The third kappa shape index (κ3) is 2.65. The molecular weight excluding hydrogens is 246 g/mol. The summed E-state index contributed by atoms with van der Waals surface area (Å²) in [7, 11) is 0. The highest BCUT2D eigenvalue weighted by Gasteiger charge is 2.14. The number of nitrogens with zero attached hydrogens (tertiary/aromatic N) is 3. The van der Waals surface area contributed by atoms with Gasteiger partial charge in [0.05, 0.1) is 6.54 Å². The SMILES string of the molecule is CCN(Cc1cccs1)c1nccnc1C(=N)N. The number of anilines is 1. The monoisotopic (exact) mass is 261 g/mol. The van der Waals surface area contributed by atoms with Crippen molar-refractivity contribution in [3.63, 3.8) is 0 Å². The van der Waals surface area contributed by atoms with E-state index in [0.717, 1.165) is 13.1 Å². The zero-order chi connectivity index (χ0) is 13.0. The molecule has 18 heavy (non-hydrogen) atoms. The number of hydrogen-bond acceptors (Lipinski definition) is 5. The molecule has 0 radical (unpaired) electrons. The zero-order valence-corrected chi connectivity index (χ0v) is 10.9. The average Bonchev–Trinajstić information content (AvgIpc) is 2.88. The number of rotatable bonds is 5. The molecule has 6 heteroatoms. The van der Waals surface area contributed by atoms with Crippen LogP contribution in [0.4, 0.5) is 5.82 Å². The van der Waals surface area contributed by atoms with Crippen LogP contribution in [0.15, 0.2) is 29.9 Å². The molecule has 2 rings (SSSR count). The first-order valence-corrected chi connectivity index (χ1v) is 6.53. The average molecular weight is 261 g/mol. The fraction of sp³-hybridized carbons (Fsp3) is 0.250. The molecule has 0 saturated carbocycles. The van der Waals surface area contributed by atoms with Gasteiger partial charge < -0.3 is 10.6 Å². The fourth-order valence-corrected chi connectivity index (χ4v) is 2.40. The Labute approximate surface area is 110 Å². The molecule has 3 N–H and O–H groups in total. The van der Waals surface area contributed by atoms with E-state index >= 15 is 0 Å². The Morgan fingerprint density at radius 3 is 2.83 bits per heavy atom. The van der Waals surface area contributed by atoms with Crippen molar-refractivity contribution in [3.05, 3.63) is 40.5 Å². The third-order valence-electron chi connectivity index (χ3n) is 2.54. The molecule has 0 unspecified atom stereocenters. The van der Waals surface area contributed by atoms with Gasteiger partial charge in [-0.3, -0.25) is 5.41 Å². The number of aromatic nitrogens is 2. The van der Waals surface area contributed by atoms with Crippen molar-refractivity contribution in [1.82, 2.24) is 9.97 Å². The van der Waals surface area contributed by atoms with Gasteiger partial charge in [-0.05, 0) is 18.4 Å². The molecule has 2 aromatic rings. The van der Waals surface area contributed by atoms with Crippen LogP contribution in [0.25, 0.3) is 0 Å². The Kier molecular flexibility index (Phi) is 3.88. The predicted molar refractivity (Wildman–Crippen MR) is 74.1 cm³/mol. The number of hydrogen-bond donors (Lipinski definition) is 2. The van der Waals surface area contributed by atoms with Crippen molar-refractivity contribution < 1.29 is 0 Å². The van der Waals surface area contributed by atoms with E-state index in [4.69, 9.17) is 11.1 Å². The lowest BCUT2D eigenvalue weighted by Crippen LogP contribution is -2.27. The number of amidine groups is 1. The van der Waals surface area contributed by atoms with Gasteiger partial charge in [0, 0.05) is 23.8 Å². The van der Waals surface area contributed by atoms with Crippen molar-refractivity contribution in [3.8, 4) is 0 Å². The van der Waals surface area contributed by atoms with Gasteiger partial charge in [-0.1, -0.05) is 6.07 Å². The Bertz CT molecular complexity index is 523. The van der Waals surface area contributed by atoms with Gasteiger partial charge in [0.2, 0.25) is 0 Å². The minimum absolute atomic E-state index is 0.0530. The van der Waals surface area contributed by atoms with Crippen LogP contribution in [0.3, 0.4) is 0 Å². The lowest BCUT2D eigenvalue weighted by molar-refractivity contribution is 0.815.